The number of morpholine rings is 1. The largest absolute Gasteiger partial charge is 0.467 e. The van der Waals surface area contributed by atoms with Crippen LogP contribution in [0, 0.1) is 0 Å². The molecule has 33 heavy (non-hydrogen) atoms. The normalized spacial score (nSPS) is 19.0. The Morgan fingerprint density at radius 2 is 1.85 bits per heavy atom. The molecule has 12 heteroatoms. The van der Waals surface area contributed by atoms with Gasteiger partial charge in [-0.2, -0.15) is 4.31 Å². The molecule has 0 bridgehead atoms. The van der Waals surface area contributed by atoms with E-state index in [0.29, 0.717) is 5.76 Å². The van der Waals surface area contributed by atoms with Gasteiger partial charge in [0, 0.05) is 13.1 Å². The molecule has 11 nitrogen and oxygen atoms in total. The average Bonchev–Trinajstić information content (AvgIpc) is 3.29. The van der Waals surface area contributed by atoms with Crippen LogP contribution in [0.15, 0.2) is 52.0 Å². The highest BCUT2D eigenvalue weighted by Gasteiger charge is 2.32. The quantitative estimate of drug-likeness (QED) is 0.565. The Morgan fingerprint density at radius 3 is 2.52 bits per heavy atom. The van der Waals surface area contributed by atoms with Gasteiger partial charge in [-0.05, 0) is 44.2 Å². The van der Waals surface area contributed by atoms with Crippen molar-refractivity contribution in [2.45, 2.75) is 37.5 Å². The highest BCUT2D eigenvalue weighted by molar-refractivity contribution is 7.89. The van der Waals surface area contributed by atoms with Crippen molar-refractivity contribution in [3.8, 4) is 0 Å². The molecule has 3 amide bonds. The highest BCUT2D eigenvalue weighted by atomic mass is 32.2. The summed E-state index contributed by atoms with van der Waals surface area (Å²) in [6.07, 6.45) is 0.930. The number of urea groups is 1. The third-order valence-electron chi connectivity index (χ3n) is 4.68. The van der Waals surface area contributed by atoms with Gasteiger partial charge >= 0.3 is 12.0 Å². The maximum Gasteiger partial charge on any atom is 0.338 e. The minimum absolute atomic E-state index is 0.0412. The zero-order valence-electron chi connectivity index (χ0n) is 18.1. The first kappa shape index (κ1) is 24.4. The van der Waals surface area contributed by atoms with E-state index in [2.05, 4.69) is 5.32 Å². The van der Waals surface area contributed by atoms with Crippen LogP contribution >= 0.6 is 0 Å². The molecule has 178 valence electrons. The van der Waals surface area contributed by atoms with Crippen molar-refractivity contribution < 1.29 is 36.7 Å². The summed E-state index contributed by atoms with van der Waals surface area (Å²) in [5.41, 5.74) is -0.0412. The zero-order chi connectivity index (χ0) is 24.0. The van der Waals surface area contributed by atoms with Crippen molar-refractivity contribution in [3.05, 3.63) is 54.0 Å². The van der Waals surface area contributed by atoms with Crippen LogP contribution in [0.1, 0.15) is 30.0 Å². The zero-order valence-corrected chi connectivity index (χ0v) is 19.0. The third kappa shape index (κ3) is 6.63. The minimum atomic E-state index is -3.85. The molecule has 1 fully saturated rings. The fourth-order valence-corrected chi connectivity index (χ4v) is 4.90. The Bertz CT molecular complexity index is 1090. The number of hydrogen-bond donors (Lipinski definition) is 2. The van der Waals surface area contributed by atoms with Crippen LogP contribution in [0.4, 0.5) is 4.79 Å². The molecule has 1 aliphatic heterocycles. The van der Waals surface area contributed by atoms with E-state index in [1.807, 2.05) is 5.32 Å². The van der Waals surface area contributed by atoms with Crippen molar-refractivity contribution in [2.24, 2.45) is 0 Å². The standard InChI is InChI=1S/C21H25N3O8S/c1-14-11-24(12-15(2)32-14)33(28,29)18-7-3-5-16(9-18)20(26)31-13-19(25)23-21(27)22-10-17-6-4-8-30-17/h3-9,14-15H,10-13H2,1-2H3,(H2,22,23,25,27)/t14-,15+. The molecule has 0 radical (unpaired) electrons. The molecule has 2 heterocycles. The molecular weight excluding hydrogens is 454 g/mol. The fourth-order valence-electron chi connectivity index (χ4n) is 3.26. The number of sulfonamides is 1. The molecule has 0 unspecified atom stereocenters. The Hall–Kier alpha value is -3.22. The number of carbonyl (C=O) groups is 3. The number of nitrogens with zero attached hydrogens (tertiary/aromatic N) is 1. The molecule has 0 spiro atoms. The van der Waals surface area contributed by atoms with Crippen LogP contribution in [-0.2, 0) is 30.8 Å². The smallest absolute Gasteiger partial charge is 0.338 e. The first-order chi connectivity index (χ1) is 15.6. The number of rotatable bonds is 7. The second-order valence-electron chi connectivity index (χ2n) is 7.49. The third-order valence-corrected chi connectivity index (χ3v) is 6.51. The van der Waals surface area contributed by atoms with E-state index >= 15 is 0 Å². The first-order valence-corrected chi connectivity index (χ1v) is 11.6. The van der Waals surface area contributed by atoms with Crippen LogP contribution in [0.25, 0.3) is 0 Å². The second-order valence-corrected chi connectivity index (χ2v) is 9.43. The number of esters is 1. The molecule has 0 aliphatic carbocycles. The lowest BCUT2D eigenvalue weighted by atomic mass is 10.2. The monoisotopic (exact) mass is 479 g/mol. The van der Waals surface area contributed by atoms with E-state index in [1.54, 1.807) is 26.0 Å². The summed E-state index contributed by atoms with van der Waals surface area (Å²) in [7, 11) is -3.85. The number of hydrogen-bond acceptors (Lipinski definition) is 8. The fraction of sp³-hybridized carbons (Fsp3) is 0.381. The van der Waals surface area contributed by atoms with Gasteiger partial charge in [0.25, 0.3) is 5.91 Å². The number of benzene rings is 1. The van der Waals surface area contributed by atoms with Gasteiger partial charge in [-0.15, -0.1) is 0 Å². The summed E-state index contributed by atoms with van der Waals surface area (Å²) in [4.78, 5) is 35.8. The second kappa shape index (κ2) is 10.6. The number of imide groups is 1. The van der Waals surface area contributed by atoms with Gasteiger partial charge in [-0.1, -0.05) is 6.07 Å². The summed E-state index contributed by atoms with van der Waals surface area (Å²) in [5, 5.41) is 4.43. The molecule has 2 aromatic rings. The van der Waals surface area contributed by atoms with Crippen molar-refractivity contribution in [3.63, 3.8) is 0 Å². The van der Waals surface area contributed by atoms with Crippen LogP contribution in [0.5, 0.6) is 0 Å². The predicted octanol–water partition coefficient (Wildman–Crippen LogP) is 1.26. The van der Waals surface area contributed by atoms with Crippen molar-refractivity contribution >= 4 is 27.9 Å². The molecule has 1 saturated heterocycles. The lowest BCUT2D eigenvalue weighted by molar-refractivity contribution is -0.123. The van der Waals surface area contributed by atoms with Crippen molar-refractivity contribution in [2.75, 3.05) is 19.7 Å². The van der Waals surface area contributed by atoms with E-state index in [0.717, 1.165) is 0 Å². The number of furan rings is 1. The molecular formula is C21H25N3O8S. The first-order valence-electron chi connectivity index (χ1n) is 10.2. The molecule has 1 aromatic heterocycles. The number of nitrogens with one attached hydrogen (secondary N) is 2. The van der Waals surface area contributed by atoms with Crippen LogP contribution < -0.4 is 10.6 Å². The summed E-state index contributed by atoms with van der Waals surface area (Å²) >= 11 is 0. The number of ether oxygens (including phenoxy) is 2. The molecule has 0 saturated carbocycles. The maximum atomic E-state index is 13.0. The van der Waals surface area contributed by atoms with Gasteiger partial charge < -0.3 is 19.2 Å². The lowest BCUT2D eigenvalue weighted by Crippen LogP contribution is -2.48. The number of amides is 3. The van der Waals surface area contributed by atoms with Crippen LogP contribution in [-0.4, -0.2) is 62.5 Å². The van der Waals surface area contributed by atoms with Gasteiger partial charge in [-0.3, -0.25) is 10.1 Å². The van der Waals surface area contributed by atoms with E-state index < -0.39 is 34.5 Å². The van der Waals surface area contributed by atoms with Gasteiger partial charge in [0.2, 0.25) is 10.0 Å². The summed E-state index contributed by atoms with van der Waals surface area (Å²) in [6.45, 7) is 3.33. The Balaban J connectivity index is 1.54. The summed E-state index contributed by atoms with van der Waals surface area (Å²) in [6, 6.07) is 7.89. The van der Waals surface area contributed by atoms with E-state index in [9.17, 15) is 22.8 Å². The molecule has 3 rings (SSSR count). The van der Waals surface area contributed by atoms with Crippen LogP contribution in [0.3, 0.4) is 0 Å². The SMILES string of the molecule is C[C@@H]1CN(S(=O)(=O)c2cccc(C(=O)OCC(=O)NC(=O)NCc3ccco3)c2)C[C@H](C)O1. The Kier molecular flexibility index (Phi) is 7.84. The topological polar surface area (TPSA) is 144 Å². The Morgan fingerprint density at radius 1 is 1.12 bits per heavy atom. The summed E-state index contributed by atoms with van der Waals surface area (Å²) in [5.74, 6) is -1.25. The predicted molar refractivity (Wildman–Crippen MR) is 115 cm³/mol. The van der Waals surface area contributed by atoms with Gasteiger partial charge in [0.1, 0.15) is 5.76 Å². The Labute approximate surface area is 191 Å². The van der Waals surface area contributed by atoms with Gasteiger partial charge in [0.15, 0.2) is 6.61 Å². The van der Waals surface area contributed by atoms with E-state index in [-0.39, 0.29) is 42.3 Å². The summed E-state index contributed by atoms with van der Waals surface area (Å²) < 4.78 is 42.8. The molecule has 2 atom stereocenters. The molecule has 1 aromatic carbocycles. The van der Waals surface area contributed by atoms with Gasteiger partial charge in [-0.25, -0.2) is 18.0 Å². The van der Waals surface area contributed by atoms with E-state index in [1.165, 1.54) is 34.8 Å². The molecule has 2 N–H and O–H groups in total. The lowest BCUT2D eigenvalue weighted by Gasteiger charge is -2.34. The van der Waals surface area contributed by atoms with Crippen molar-refractivity contribution in [1.82, 2.24) is 14.9 Å². The number of carbonyl (C=O) groups excluding carboxylic acids is 3. The van der Waals surface area contributed by atoms with Crippen LogP contribution in [0.2, 0.25) is 0 Å². The van der Waals surface area contributed by atoms with Crippen molar-refractivity contribution in [1.29, 1.82) is 0 Å². The van der Waals surface area contributed by atoms with E-state index in [4.69, 9.17) is 13.9 Å². The molecule has 1 aliphatic rings. The maximum absolute atomic E-state index is 13.0. The average molecular weight is 480 g/mol. The highest BCUT2D eigenvalue weighted by Crippen LogP contribution is 2.22. The van der Waals surface area contributed by atoms with Gasteiger partial charge in [0.05, 0.1) is 35.5 Å². The minimum Gasteiger partial charge on any atom is -0.467 e.